The predicted octanol–water partition coefficient (Wildman–Crippen LogP) is 4.11. The summed E-state index contributed by atoms with van der Waals surface area (Å²) in [7, 11) is 0. The first-order chi connectivity index (χ1) is 9.81. The van der Waals surface area contributed by atoms with Gasteiger partial charge in [-0.15, -0.1) is 0 Å². The van der Waals surface area contributed by atoms with Crippen molar-refractivity contribution < 1.29 is 8.78 Å². The lowest BCUT2D eigenvalue weighted by molar-refractivity contribution is 0.126. The van der Waals surface area contributed by atoms with Crippen LogP contribution in [0.25, 0.3) is 6.08 Å². The lowest BCUT2D eigenvalue weighted by atomic mass is 9.96. The van der Waals surface area contributed by atoms with Crippen LogP contribution in [-0.4, -0.2) is 23.5 Å². The lowest BCUT2D eigenvalue weighted by Crippen LogP contribution is -2.44. The summed E-state index contributed by atoms with van der Waals surface area (Å²) in [6.07, 6.45) is 3.23. The van der Waals surface area contributed by atoms with Gasteiger partial charge in [-0.25, -0.2) is 8.78 Å². The first-order valence-corrected chi connectivity index (χ1v) is 7.15. The Bertz CT molecular complexity index is 573. The van der Waals surface area contributed by atoms with Gasteiger partial charge in [-0.2, -0.15) is 5.26 Å². The smallest absolute Gasteiger partial charge is 0.134 e. The summed E-state index contributed by atoms with van der Waals surface area (Å²) < 4.78 is 27.7. The molecule has 0 N–H and O–H groups in total. The Morgan fingerprint density at radius 2 is 1.67 bits per heavy atom. The minimum Gasteiger partial charge on any atom is -0.298 e. The van der Waals surface area contributed by atoms with E-state index < -0.39 is 11.6 Å². The third-order valence-corrected chi connectivity index (χ3v) is 3.91. The molecule has 0 aliphatic carbocycles. The zero-order valence-corrected chi connectivity index (χ0v) is 12.7. The van der Waals surface area contributed by atoms with Crippen molar-refractivity contribution in [1.82, 2.24) is 4.90 Å². The first kappa shape index (κ1) is 15.7. The summed E-state index contributed by atoms with van der Waals surface area (Å²) in [4.78, 5) is 2.37. The predicted molar refractivity (Wildman–Crippen MR) is 79.6 cm³/mol. The second kappa shape index (κ2) is 5.95. The number of piperidine rings is 1. The fourth-order valence-corrected chi connectivity index (χ4v) is 2.60. The number of halogens is 2. The molecule has 0 amide bonds. The molecule has 1 aromatic rings. The van der Waals surface area contributed by atoms with Crippen molar-refractivity contribution in [2.75, 3.05) is 13.1 Å². The minimum absolute atomic E-state index is 0.00898. The number of nitrogens with zero attached hydrogens (tertiary/aromatic N) is 2. The van der Waals surface area contributed by atoms with E-state index in [2.05, 4.69) is 25.7 Å². The molecule has 21 heavy (non-hydrogen) atoms. The van der Waals surface area contributed by atoms with Gasteiger partial charge in [0.1, 0.15) is 11.6 Å². The van der Waals surface area contributed by atoms with Crippen molar-refractivity contribution in [2.45, 2.75) is 39.2 Å². The molecule has 0 atom stereocenters. The van der Waals surface area contributed by atoms with E-state index in [-0.39, 0.29) is 16.7 Å². The van der Waals surface area contributed by atoms with Gasteiger partial charge in [0.05, 0.1) is 11.6 Å². The molecule has 1 aromatic carbocycles. The molecule has 1 saturated heterocycles. The van der Waals surface area contributed by atoms with Crippen LogP contribution in [0, 0.1) is 23.0 Å². The number of nitriles is 1. The molecule has 1 fully saturated rings. The highest BCUT2D eigenvalue weighted by Gasteiger charge is 2.24. The van der Waals surface area contributed by atoms with E-state index in [1.165, 1.54) is 0 Å². The van der Waals surface area contributed by atoms with E-state index in [1.54, 1.807) is 12.1 Å². The van der Waals surface area contributed by atoms with E-state index in [1.807, 2.05) is 0 Å². The molecular formula is C17H20F2N2. The Balaban J connectivity index is 2.18. The number of hydrogen-bond donors (Lipinski definition) is 0. The van der Waals surface area contributed by atoms with Gasteiger partial charge in [-0.1, -0.05) is 5.57 Å². The van der Waals surface area contributed by atoms with Gasteiger partial charge in [0.15, 0.2) is 0 Å². The average molecular weight is 290 g/mol. The van der Waals surface area contributed by atoms with Gasteiger partial charge in [0.25, 0.3) is 0 Å². The first-order valence-electron chi connectivity index (χ1n) is 7.15. The topological polar surface area (TPSA) is 27.0 Å². The van der Waals surface area contributed by atoms with Crippen LogP contribution in [-0.2, 0) is 0 Å². The van der Waals surface area contributed by atoms with Crippen LogP contribution in [0.3, 0.4) is 0 Å². The Hall–Kier alpha value is -1.73. The zero-order chi connectivity index (χ0) is 15.6. The highest BCUT2D eigenvalue weighted by atomic mass is 19.1. The Morgan fingerprint density at radius 3 is 2.10 bits per heavy atom. The second-order valence-corrected chi connectivity index (χ2v) is 6.43. The molecule has 1 aliphatic heterocycles. The normalized spacial score (nSPS) is 16.7. The van der Waals surface area contributed by atoms with Crippen molar-refractivity contribution in [3.63, 3.8) is 0 Å². The lowest BCUT2D eigenvalue weighted by Gasteiger charge is -2.39. The van der Waals surface area contributed by atoms with Crippen LogP contribution in [0.4, 0.5) is 8.78 Å². The molecule has 2 nitrogen and oxygen atoms in total. The maximum Gasteiger partial charge on any atom is 0.134 e. The molecule has 1 heterocycles. The van der Waals surface area contributed by atoms with Crippen molar-refractivity contribution in [2.24, 2.45) is 0 Å². The maximum atomic E-state index is 13.9. The maximum absolute atomic E-state index is 13.9. The molecular weight excluding hydrogens is 270 g/mol. The van der Waals surface area contributed by atoms with Crippen LogP contribution in [0.15, 0.2) is 17.7 Å². The minimum atomic E-state index is -0.669. The van der Waals surface area contributed by atoms with Crippen LogP contribution in [0.5, 0.6) is 0 Å². The van der Waals surface area contributed by atoms with Crippen LogP contribution in [0.2, 0.25) is 0 Å². The largest absolute Gasteiger partial charge is 0.298 e. The molecule has 0 spiro atoms. The fraction of sp³-hybridized carbons (Fsp3) is 0.471. The highest BCUT2D eigenvalue weighted by molar-refractivity contribution is 5.56. The third-order valence-electron chi connectivity index (χ3n) is 3.91. The molecule has 0 saturated carbocycles. The van der Waals surface area contributed by atoms with E-state index in [9.17, 15) is 8.78 Å². The van der Waals surface area contributed by atoms with E-state index in [4.69, 9.17) is 5.26 Å². The molecule has 0 unspecified atom stereocenters. The third kappa shape index (κ3) is 3.68. The second-order valence-electron chi connectivity index (χ2n) is 6.43. The molecule has 0 radical (unpaired) electrons. The van der Waals surface area contributed by atoms with Gasteiger partial charge < -0.3 is 0 Å². The van der Waals surface area contributed by atoms with Crippen LogP contribution >= 0.6 is 0 Å². The van der Waals surface area contributed by atoms with Gasteiger partial charge in [-0.05, 0) is 51.8 Å². The van der Waals surface area contributed by atoms with Crippen LogP contribution in [0.1, 0.15) is 44.7 Å². The summed E-state index contributed by atoms with van der Waals surface area (Å²) in [5, 5.41) is 8.70. The summed E-state index contributed by atoms with van der Waals surface area (Å²) in [6.45, 7) is 8.30. The van der Waals surface area contributed by atoms with E-state index in [0.29, 0.717) is 0 Å². The number of benzene rings is 1. The molecule has 4 heteroatoms. The van der Waals surface area contributed by atoms with Crippen molar-refractivity contribution in [3.05, 3.63) is 40.5 Å². The molecule has 2 rings (SSSR count). The number of hydrogen-bond acceptors (Lipinski definition) is 2. The monoisotopic (exact) mass is 290 g/mol. The fourth-order valence-electron chi connectivity index (χ4n) is 2.60. The van der Waals surface area contributed by atoms with E-state index >= 15 is 0 Å². The van der Waals surface area contributed by atoms with Crippen molar-refractivity contribution >= 4 is 6.08 Å². The van der Waals surface area contributed by atoms with Crippen molar-refractivity contribution in [3.8, 4) is 6.07 Å². The highest BCUT2D eigenvalue weighted by Crippen LogP contribution is 2.26. The summed E-state index contributed by atoms with van der Waals surface area (Å²) in [5.41, 5.74) is 1.15. The van der Waals surface area contributed by atoms with Gasteiger partial charge >= 0.3 is 0 Å². The summed E-state index contributed by atoms with van der Waals surface area (Å²) in [6, 6.07) is 3.92. The van der Waals surface area contributed by atoms with Gasteiger partial charge in [-0.3, -0.25) is 4.90 Å². The van der Waals surface area contributed by atoms with Gasteiger partial charge in [0.2, 0.25) is 0 Å². The zero-order valence-electron chi connectivity index (χ0n) is 12.7. The SMILES string of the molecule is CC(C)(C)N1CCC(=Cc2c(F)cc(C#N)cc2F)CC1. The Labute approximate surface area is 124 Å². The van der Waals surface area contributed by atoms with E-state index in [0.717, 1.165) is 43.6 Å². The van der Waals surface area contributed by atoms with Crippen molar-refractivity contribution in [1.29, 1.82) is 5.26 Å². The molecule has 0 aromatic heterocycles. The summed E-state index contributed by atoms with van der Waals surface area (Å²) >= 11 is 0. The molecule has 112 valence electrons. The Kier molecular flexibility index (Phi) is 4.43. The average Bonchev–Trinajstić information content (AvgIpc) is 2.42. The van der Waals surface area contributed by atoms with Gasteiger partial charge in [0, 0.05) is 24.2 Å². The summed E-state index contributed by atoms with van der Waals surface area (Å²) in [5.74, 6) is -1.34. The number of likely N-dealkylation sites (tertiary alicyclic amines) is 1. The number of rotatable bonds is 1. The Morgan fingerprint density at radius 1 is 1.14 bits per heavy atom. The molecule has 0 bridgehead atoms. The van der Waals surface area contributed by atoms with Crippen LogP contribution < -0.4 is 0 Å². The molecule has 1 aliphatic rings. The quantitative estimate of drug-likeness (QED) is 0.778. The standard InChI is InChI=1S/C17H20F2N2/c1-17(2,3)21-6-4-12(5-7-21)8-14-15(18)9-13(11-20)10-16(14)19/h8-10H,4-7H2,1-3H3.